The Balaban J connectivity index is 1.59. The first kappa shape index (κ1) is 13.9. The predicted molar refractivity (Wildman–Crippen MR) is 77.2 cm³/mol. The number of aryl methyl sites for hydroxylation is 1. The Morgan fingerprint density at radius 2 is 2.11 bits per heavy atom. The van der Waals surface area contributed by atoms with E-state index in [4.69, 9.17) is 0 Å². The van der Waals surface area contributed by atoms with Crippen molar-refractivity contribution in [2.75, 3.05) is 24.6 Å². The largest absolute Gasteiger partial charge is 0.336 e. The number of thioether (sulfide) groups is 1. The molecular weight excluding hydrogens is 260 g/mol. The van der Waals surface area contributed by atoms with E-state index < -0.39 is 0 Å². The smallest absolute Gasteiger partial charge is 0.324 e. The van der Waals surface area contributed by atoms with E-state index in [0.717, 1.165) is 18.6 Å². The van der Waals surface area contributed by atoms with Crippen LogP contribution in [0.3, 0.4) is 0 Å². The zero-order valence-electron chi connectivity index (χ0n) is 10.8. The molecule has 0 atom stereocenters. The lowest BCUT2D eigenvalue weighted by Crippen LogP contribution is -2.35. The van der Waals surface area contributed by atoms with Crippen molar-refractivity contribution in [1.29, 1.82) is 0 Å². The quantitative estimate of drug-likeness (QED) is 0.809. The Morgan fingerprint density at radius 1 is 1.32 bits per heavy atom. The van der Waals surface area contributed by atoms with E-state index in [0.29, 0.717) is 18.8 Å². The van der Waals surface area contributed by atoms with Gasteiger partial charge in [0.2, 0.25) is 5.91 Å². The highest BCUT2D eigenvalue weighted by Gasteiger charge is 2.25. The Bertz CT molecular complexity index is 436. The summed E-state index contributed by atoms with van der Waals surface area (Å²) < 4.78 is 0. The van der Waals surface area contributed by atoms with Crippen molar-refractivity contribution in [3.8, 4) is 0 Å². The summed E-state index contributed by atoms with van der Waals surface area (Å²) in [6, 6.07) is 10.1. The van der Waals surface area contributed by atoms with Crippen LogP contribution in [0, 0.1) is 0 Å². The van der Waals surface area contributed by atoms with Crippen LogP contribution in [-0.4, -0.2) is 41.4 Å². The molecule has 5 heteroatoms. The first-order chi connectivity index (χ1) is 9.27. The number of imide groups is 1. The average molecular weight is 278 g/mol. The Hall–Kier alpha value is -1.49. The molecule has 0 aromatic heterocycles. The lowest BCUT2D eigenvalue weighted by Gasteiger charge is -2.11. The van der Waals surface area contributed by atoms with Crippen LogP contribution >= 0.6 is 11.8 Å². The number of carbonyl (C=O) groups is 2. The second-order valence-electron chi connectivity index (χ2n) is 4.42. The number of hydrogen-bond donors (Lipinski definition) is 1. The molecule has 2 rings (SSSR count). The van der Waals surface area contributed by atoms with Gasteiger partial charge in [-0.3, -0.25) is 9.69 Å². The number of rotatable bonds is 6. The van der Waals surface area contributed by atoms with Crippen LogP contribution in [0.15, 0.2) is 30.3 Å². The fraction of sp³-hybridized carbons (Fsp3) is 0.429. The first-order valence-corrected chi connectivity index (χ1v) is 7.63. The van der Waals surface area contributed by atoms with Gasteiger partial charge in [-0.2, -0.15) is 11.8 Å². The molecule has 0 unspecified atom stereocenters. The van der Waals surface area contributed by atoms with Gasteiger partial charge in [0.1, 0.15) is 0 Å². The van der Waals surface area contributed by atoms with Crippen LogP contribution in [0.2, 0.25) is 0 Å². The Labute approximate surface area is 117 Å². The highest BCUT2D eigenvalue weighted by molar-refractivity contribution is 7.99. The zero-order valence-corrected chi connectivity index (χ0v) is 11.6. The molecular formula is C14H18N2O2S. The van der Waals surface area contributed by atoms with E-state index in [1.165, 1.54) is 10.5 Å². The van der Waals surface area contributed by atoms with Crippen molar-refractivity contribution in [3.63, 3.8) is 0 Å². The molecule has 102 valence electrons. The van der Waals surface area contributed by atoms with E-state index in [1.54, 1.807) is 11.8 Å². The van der Waals surface area contributed by atoms with Crippen molar-refractivity contribution < 1.29 is 9.59 Å². The predicted octanol–water partition coefficient (Wildman–Crippen LogP) is 1.90. The monoisotopic (exact) mass is 278 g/mol. The van der Waals surface area contributed by atoms with E-state index in [1.807, 2.05) is 18.2 Å². The minimum Gasteiger partial charge on any atom is -0.336 e. The van der Waals surface area contributed by atoms with Gasteiger partial charge in [0.15, 0.2) is 0 Å². The minimum absolute atomic E-state index is 0.0836. The Kier molecular flexibility index (Phi) is 5.27. The molecule has 19 heavy (non-hydrogen) atoms. The van der Waals surface area contributed by atoms with Gasteiger partial charge >= 0.3 is 6.03 Å². The normalized spacial score (nSPS) is 14.5. The third-order valence-corrected chi connectivity index (χ3v) is 4.01. The highest BCUT2D eigenvalue weighted by Crippen LogP contribution is 2.10. The second kappa shape index (κ2) is 7.19. The van der Waals surface area contributed by atoms with Gasteiger partial charge in [0, 0.05) is 13.1 Å². The maximum absolute atomic E-state index is 11.7. The first-order valence-electron chi connectivity index (χ1n) is 6.47. The summed E-state index contributed by atoms with van der Waals surface area (Å²) in [4.78, 5) is 24.3. The molecule has 1 saturated heterocycles. The number of amides is 3. The SMILES string of the molecule is O=C(CSCCCc1ccccc1)N1CCNC1=O. The average Bonchev–Trinajstić information content (AvgIpc) is 2.86. The summed E-state index contributed by atoms with van der Waals surface area (Å²) in [7, 11) is 0. The second-order valence-corrected chi connectivity index (χ2v) is 5.52. The molecule has 1 fully saturated rings. The van der Waals surface area contributed by atoms with Crippen LogP contribution < -0.4 is 5.32 Å². The number of urea groups is 1. The highest BCUT2D eigenvalue weighted by atomic mass is 32.2. The standard InChI is InChI=1S/C14H18N2O2S/c17-13(16-9-8-15-14(16)18)11-19-10-4-7-12-5-2-1-3-6-12/h1-3,5-6H,4,7-11H2,(H,15,18). The summed E-state index contributed by atoms with van der Waals surface area (Å²) in [5.41, 5.74) is 1.33. The van der Waals surface area contributed by atoms with Crippen LogP contribution in [-0.2, 0) is 11.2 Å². The number of nitrogens with zero attached hydrogens (tertiary/aromatic N) is 1. The number of carbonyl (C=O) groups excluding carboxylic acids is 2. The molecule has 1 aliphatic heterocycles. The fourth-order valence-electron chi connectivity index (χ4n) is 1.97. The Morgan fingerprint density at radius 3 is 2.79 bits per heavy atom. The fourth-order valence-corrected chi connectivity index (χ4v) is 2.79. The number of hydrogen-bond acceptors (Lipinski definition) is 3. The van der Waals surface area contributed by atoms with Crippen LogP contribution in [0.4, 0.5) is 4.79 Å². The lowest BCUT2D eigenvalue weighted by molar-refractivity contribution is -0.124. The van der Waals surface area contributed by atoms with E-state index in [9.17, 15) is 9.59 Å². The molecule has 3 amide bonds. The minimum atomic E-state index is -0.255. The summed E-state index contributed by atoms with van der Waals surface area (Å²) in [6.07, 6.45) is 2.08. The summed E-state index contributed by atoms with van der Waals surface area (Å²) in [5.74, 6) is 1.25. The van der Waals surface area contributed by atoms with Gasteiger partial charge in [-0.1, -0.05) is 30.3 Å². The van der Waals surface area contributed by atoms with Crippen molar-refractivity contribution in [2.45, 2.75) is 12.8 Å². The third kappa shape index (κ3) is 4.28. The zero-order chi connectivity index (χ0) is 13.5. The molecule has 1 heterocycles. The van der Waals surface area contributed by atoms with Crippen LogP contribution in [0.1, 0.15) is 12.0 Å². The van der Waals surface area contributed by atoms with Crippen molar-refractivity contribution in [2.24, 2.45) is 0 Å². The van der Waals surface area contributed by atoms with Gasteiger partial charge in [-0.25, -0.2) is 4.79 Å². The van der Waals surface area contributed by atoms with Crippen molar-refractivity contribution >= 4 is 23.7 Å². The summed E-state index contributed by atoms with van der Waals surface area (Å²) in [5, 5.41) is 2.63. The molecule has 1 aromatic rings. The third-order valence-electron chi connectivity index (χ3n) is 2.98. The molecule has 1 aliphatic rings. The molecule has 0 aliphatic carbocycles. The van der Waals surface area contributed by atoms with Gasteiger partial charge < -0.3 is 5.32 Å². The molecule has 0 saturated carbocycles. The maximum Gasteiger partial charge on any atom is 0.324 e. The van der Waals surface area contributed by atoms with Gasteiger partial charge in [-0.05, 0) is 24.2 Å². The molecule has 0 spiro atoms. The molecule has 0 bridgehead atoms. The van der Waals surface area contributed by atoms with Crippen LogP contribution in [0.5, 0.6) is 0 Å². The summed E-state index contributed by atoms with van der Waals surface area (Å²) in [6.45, 7) is 1.07. The topological polar surface area (TPSA) is 49.4 Å². The van der Waals surface area contributed by atoms with Crippen LogP contribution in [0.25, 0.3) is 0 Å². The number of nitrogens with one attached hydrogen (secondary N) is 1. The number of benzene rings is 1. The lowest BCUT2D eigenvalue weighted by atomic mass is 10.1. The van der Waals surface area contributed by atoms with Gasteiger partial charge in [-0.15, -0.1) is 0 Å². The maximum atomic E-state index is 11.7. The van der Waals surface area contributed by atoms with Crippen molar-refractivity contribution in [1.82, 2.24) is 10.2 Å². The van der Waals surface area contributed by atoms with E-state index in [2.05, 4.69) is 17.4 Å². The van der Waals surface area contributed by atoms with E-state index >= 15 is 0 Å². The summed E-state index contributed by atoms with van der Waals surface area (Å²) >= 11 is 1.60. The van der Waals surface area contributed by atoms with Gasteiger partial charge in [0.25, 0.3) is 0 Å². The van der Waals surface area contributed by atoms with Crippen molar-refractivity contribution in [3.05, 3.63) is 35.9 Å². The van der Waals surface area contributed by atoms with Gasteiger partial charge in [0.05, 0.1) is 5.75 Å². The molecule has 0 radical (unpaired) electrons. The molecule has 1 N–H and O–H groups in total. The van der Waals surface area contributed by atoms with E-state index in [-0.39, 0.29) is 11.9 Å². The molecule has 4 nitrogen and oxygen atoms in total. The molecule has 1 aromatic carbocycles.